The maximum Gasteiger partial charge on any atom is 0.167 e. The first-order valence-corrected chi connectivity index (χ1v) is 7.50. The van der Waals surface area contributed by atoms with Gasteiger partial charge in [-0.1, -0.05) is 44.2 Å². The molecule has 0 fully saturated rings. The maximum absolute atomic E-state index is 12.5. The Balaban J connectivity index is 2.28. The first-order valence-electron chi connectivity index (χ1n) is 7.05. The standard InChI is InChI=1S/C18H18O2S/c1-18(2)9-13(19)17(14(20)10-18)12-7-3-5-11-6-4-8-15(21)16(11)12/h3-8,19,21H,9-10H2,1-2H3. The molecule has 0 aromatic heterocycles. The van der Waals surface area contributed by atoms with Crippen molar-refractivity contribution in [3.05, 3.63) is 47.7 Å². The van der Waals surface area contributed by atoms with E-state index >= 15 is 0 Å². The van der Waals surface area contributed by atoms with Gasteiger partial charge in [0.05, 0.1) is 5.57 Å². The fourth-order valence-electron chi connectivity index (χ4n) is 3.12. The van der Waals surface area contributed by atoms with Crippen molar-refractivity contribution in [1.82, 2.24) is 0 Å². The van der Waals surface area contributed by atoms with Crippen LogP contribution in [0.2, 0.25) is 0 Å². The molecular weight excluding hydrogens is 280 g/mol. The second-order valence-electron chi connectivity index (χ2n) is 6.44. The molecule has 0 aliphatic heterocycles. The van der Waals surface area contributed by atoms with E-state index in [9.17, 15) is 9.90 Å². The van der Waals surface area contributed by atoms with E-state index in [0.29, 0.717) is 18.4 Å². The molecule has 2 nitrogen and oxygen atoms in total. The molecule has 1 N–H and O–H groups in total. The highest BCUT2D eigenvalue weighted by molar-refractivity contribution is 7.80. The van der Waals surface area contributed by atoms with Crippen LogP contribution >= 0.6 is 12.6 Å². The summed E-state index contributed by atoms with van der Waals surface area (Å²) in [4.78, 5) is 13.4. The van der Waals surface area contributed by atoms with Crippen LogP contribution in [0, 0.1) is 5.41 Å². The monoisotopic (exact) mass is 298 g/mol. The number of carbonyl (C=O) groups is 1. The van der Waals surface area contributed by atoms with Crippen LogP contribution in [0.3, 0.4) is 0 Å². The van der Waals surface area contributed by atoms with Gasteiger partial charge in [0, 0.05) is 23.1 Å². The average molecular weight is 298 g/mol. The van der Waals surface area contributed by atoms with Crippen molar-refractivity contribution in [2.24, 2.45) is 5.41 Å². The molecule has 108 valence electrons. The van der Waals surface area contributed by atoms with Crippen LogP contribution in [-0.2, 0) is 4.79 Å². The number of ketones is 1. The van der Waals surface area contributed by atoms with Gasteiger partial charge in [-0.15, -0.1) is 12.6 Å². The SMILES string of the molecule is CC1(C)CC(=O)C(c2cccc3cccc(S)c23)=C(O)C1. The summed E-state index contributed by atoms with van der Waals surface area (Å²) in [6.07, 6.45) is 0.983. The number of Topliss-reactive ketones (excluding diaryl/α,β-unsaturated/α-hetero) is 1. The summed E-state index contributed by atoms with van der Waals surface area (Å²) < 4.78 is 0. The molecule has 0 unspecified atom stereocenters. The number of fused-ring (bicyclic) bond motifs is 1. The maximum atomic E-state index is 12.5. The summed E-state index contributed by atoms with van der Waals surface area (Å²) in [5.41, 5.74) is 1.07. The fraction of sp³-hybridized carbons (Fsp3) is 0.278. The molecule has 0 amide bonds. The summed E-state index contributed by atoms with van der Waals surface area (Å²) in [6, 6.07) is 11.6. The molecule has 3 rings (SSSR count). The van der Waals surface area contributed by atoms with Gasteiger partial charge in [0.2, 0.25) is 0 Å². The first kappa shape index (κ1) is 14.2. The van der Waals surface area contributed by atoms with E-state index in [0.717, 1.165) is 21.2 Å². The Morgan fingerprint density at radius 2 is 1.76 bits per heavy atom. The summed E-state index contributed by atoms with van der Waals surface area (Å²) >= 11 is 4.52. The van der Waals surface area contributed by atoms with Crippen LogP contribution in [0.1, 0.15) is 32.3 Å². The molecule has 0 atom stereocenters. The number of hydrogen-bond donors (Lipinski definition) is 2. The fourth-order valence-corrected chi connectivity index (χ4v) is 3.46. The van der Waals surface area contributed by atoms with E-state index in [1.807, 2.05) is 50.2 Å². The Morgan fingerprint density at radius 3 is 2.43 bits per heavy atom. The number of benzene rings is 2. The lowest BCUT2D eigenvalue weighted by molar-refractivity contribution is -0.116. The molecule has 0 spiro atoms. The Labute approximate surface area is 129 Å². The van der Waals surface area contributed by atoms with Crippen molar-refractivity contribution >= 4 is 34.8 Å². The van der Waals surface area contributed by atoms with Gasteiger partial charge in [0.15, 0.2) is 5.78 Å². The molecule has 1 aliphatic carbocycles. The third kappa shape index (κ3) is 2.46. The van der Waals surface area contributed by atoms with E-state index in [4.69, 9.17) is 0 Å². The van der Waals surface area contributed by atoms with E-state index in [1.165, 1.54) is 0 Å². The molecule has 3 heteroatoms. The summed E-state index contributed by atoms with van der Waals surface area (Å²) in [7, 11) is 0. The first-order chi connectivity index (χ1) is 9.89. The molecule has 0 heterocycles. The number of allylic oxidation sites excluding steroid dienone is 2. The zero-order chi connectivity index (χ0) is 15.2. The van der Waals surface area contributed by atoms with E-state index in [-0.39, 0.29) is 17.0 Å². The lowest BCUT2D eigenvalue weighted by atomic mass is 9.74. The zero-order valence-corrected chi connectivity index (χ0v) is 13.1. The van der Waals surface area contributed by atoms with Crippen molar-refractivity contribution in [2.45, 2.75) is 31.6 Å². The minimum absolute atomic E-state index is 0.00726. The minimum atomic E-state index is -0.182. The average Bonchev–Trinajstić information content (AvgIpc) is 2.36. The molecule has 2 aromatic rings. The van der Waals surface area contributed by atoms with Crippen LogP contribution in [0.5, 0.6) is 0 Å². The molecule has 1 aliphatic rings. The van der Waals surface area contributed by atoms with E-state index < -0.39 is 0 Å². The van der Waals surface area contributed by atoms with Crippen LogP contribution in [0.15, 0.2) is 47.1 Å². The molecule has 0 radical (unpaired) electrons. The van der Waals surface area contributed by atoms with Gasteiger partial charge in [-0.25, -0.2) is 0 Å². The predicted octanol–water partition coefficient (Wildman–Crippen LogP) is 4.79. The number of aliphatic hydroxyl groups excluding tert-OH is 1. The van der Waals surface area contributed by atoms with Crippen LogP contribution < -0.4 is 0 Å². The second-order valence-corrected chi connectivity index (χ2v) is 6.93. The number of rotatable bonds is 1. The number of carbonyl (C=O) groups excluding carboxylic acids is 1. The third-order valence-electron chi connectivity index (χ3n) is 4.00. The Hall–Kier alpha value is -1.74. The summed E-state index contributed by atoms with van der Waals surface area (Å²) in [6.45, 7) is 4.01. The molecule has 21 heavy (non-hydrogen) atoms. The molecule has 0 bridgehead atoms. The van der Waals surface area contributed by atoms with Gasteiger partial charge in [-0.2, -0.15) is 0 Å². The van der Waals surface area contributed by atoms with Crippen molar-refractivity contribution in [3.8, 4) is 0 Å². The molecular formula is C18H18O2S. The van der Waals surface area contributed by atoms with Crippen molar-refractivity contribution in [1.29, 1.82) is 0 Å². The topological polar surface area (TPSA) is 37.3 Å². The normalized spacial score (nSPS) is 18.3. The Kier molecular flexibility index (Phi) is 3.33. The van der Waals surface area contributed by atoms with Gasteiger partial charge >= 0.3 is 0 Å². The highest BCUT2D eigenvalue weighted by Crippen LogP contribution is 2.41. The van der Waals surface area contributed by atoms with Gasteiger partial charge in [0.1, 0.15) is 5.76 Å². The molecule has 2 aromatic carbocycles. The van der Waals surface area contributed by atoms with E-state index in [2.05, 4.69) is 12.6 Å². The molecule has 0 saturated carbocycles. The largest absolute Gasteiger partial charge is 0.512 e. The lowest BCUT2D eigenvalue weighted by Gasteiger charge is -2.30. The number of hydrogen-bond acceptors (Lipinski definition) is 3. The van der Waals surface area contributed by atoms with Gasteiger partial charge in [-0.3, -0.25) is 4.79 Å². The van der Waals surface area contributed by atoms with Crippen LogP contribution in [0.25, 0.3) is 16.3 Å². The second kappa shape index (κ2) is 4.92. The van der Waals surface area contributed by atoms with Crippen LogP contribution in [0.4, 0.5) is 0 Å². The van der Waals surface area contributed by atoms with Gasteiger partial charge in [0.25, 0.3) is 0 Å². The lowest BCUT2D eigenvalue weighted by Crippen LogP contribution is -2.25. The van der Waals surface area contributed by atoms with Crippen LogP contribution in [-0.4, -0.2) is 10.9 Å². The quantitative estimate of drug-likeness (QED) is 0.743. The minimum Gasteiger partial charge on any atom is -0.512 e. The number of aliphatic hydroxyl groups is 1. The summed E-state index contributed by atoms with van der Waals surface area (Å²) in [5.74, 6) is 0.202. The van der Waals surface area contributed by atoms with Gasteiger partial charge < -0.3 is 5.11 Å². The van der Waals surface area contributed by atoms with Crippen molar-refractivity contribution < 1.29 is 9.90 Å². The van der Waals surface area contributed by atoms with Crippen molar-refractivity contribution in [3.63, 3.8) is 0 Å². The highest BCUT2D eigenvalue weighted by Gasteiger charge is 2.34. The van der Waals surface area contributed by atoms with E-state index in [1.54, 1.807) is 0 Å². The molecule has 0 saturated heterocycles. The highest BCUT2D eigenvalue weighted by atomic mass is 32.1. The predicted molar refractivity (Wildman–Crippen MR) is 88.8 cm³/mol. The smallest absolute Gasteiger partial charge is 0.167 e. The zero-order valence-electron chi connectivity index (χ0n) is 12.2. The Morgan fingerprint density at radius 1 is 1.10 bits per heavy atom. The Bertz CT molecular complexity index is 767. The van der Waals surface area contributed by atoms with Gasteiger partial charge in [-0.05, 0) is 22.4 Å². The summed E-state index contributed by atoms with van der Waals surface area (Å²) in [5, 5.41) is 12.4. The van der Waals surface area contributed by atoms with Crippen molar-refractivity contribution in [2.75, 3.05) is 0 Å². The number of thiol groups is 1. The third-order valence-corrected chi connectivity index (χ3v) is 4.38.